The third-order valence-electron chi connectivity index (χ3n) is 3.64. The topological polar surface area (TPSA) is 55.0 Å². The number of aromatic nitrogens is 2. The van der Waals surface area contributed by atoms with Gasteiger partial charge in [-0.25, -0.2) is 9.97 Å². The highest BCUT2D eigenvalue weighted by Gasteiger charge is 2.43. The molecule has 17 heavy (non-hydrogen) atoms. The molecule has 0 spiro atoms. The van der Waals surface area contributed by atoms with Crippen molar-refractivity contribution in [1.82, 2.24) is 9.97 Å². The average Bonchev–Trinajstić information content (AvgIpc) is 2.72. The van der Waals surface area contributed by atoms with Crippen LogP contribution in [0.25, 0.3) is 10.2 Å². The van der Waals surface area contributed by atoms with Gasteiger partial charge in [-0.1, -0.05) is 13.8 Å². The largest absolute Gasteiger partial charge is 0.351 e. The van der Waals surface area contributed by atoms with E-state index in [0.717, 1.165) is 24.4 Å². The quantitative estimate of drug-likeness (QED) is 0.881. The van der Waals surface area contributed by atoms with Gasteiger partial charge >= 0.3 is 0 Å². The summed E-state index contributed by atoms with van der Waals surface area (Å²) >= 11 is 1.69. The highest BCUT2D eigenvalue weighted by Crippen LogP contribution is 2.35. The van der Waals surface area contributed by atoms with Crippen LogP contribution in [0.5, 0.6) is 0 Å². The predicted molar refractivity (Wildman–Crippen MR) is 71.4 cm³/mol. The first-order valence-electron chi connectivity index (χ1n) is 5.82. The van der Waals surface area contributed by atoms with Gasteiger partial charge in [0.1, 0.15) is 12.1 Å². The van der Waals surface area contributed by atoms with Crippen LogP contribution < -0.4 is 10.6 Å². The molecule has 0 amide bonds. The fraction of sp³-hybridized carbons (Fsp3) is 0.500. The predicted octanol–water partition coefficient (Wildman–Crippen LogP) is 1.86. The van der Waals surface area contributed by atoms with E-state index in [2.05, 4.69) is 34.1 Å². The lowest BCUT2D eigenvalue weighted by Crippen LogP contribution is -2.70. The zero-order valence-corrected chi connectivity index (χ0v) is 10.9. The van der Waals surface area contributed by atoms with Crippen LogP contribution in [0.4, 0.5) is 5.82 Å². The number of anilines is 1. The summed E-state index contributed by atoms with van der Waals surface area (Å²) in [6, 6.07) is 2.03. The van der Waals surface area contributed by atoms with Crippen LogP contribution in [-0.2, 0) is 0 Å². The summed E-state index contributed by atoms with van der Waals surface area (Å²) in [6.45, 7) is 6.12. The average molecular weight is 248 g/mol. The molecule has 5 heteroatoms. The smallest absolute Gasteiger partial charge is 0.150 e. The van der Waals surface area contributed by atoms with Gasteiger partial charge in [0.15, 0.2) is 0 Å². The molecule has 2 N–H and O–H groups in total. The molecule has 2 aromatic heterocycles. The maximum Gasteiger partial charge on any atom is 0.150 e. The first-order valence-corrected chi connectivity index (χ1v) is 6.70. The molecular weight excluding hydrogens is 232 g/mol. The van der Waals surface area contributed by atoms with E-state index < -0.39 is 0 Å². The van der Waals surface area contributed by atoms with Gasteiger partial charge in [-0.3, -0.25) is 0 Å². The molecule has 0 radical (unpaired) electrons. The van der Waals surface area contributed by atoms with Crippen molar-refractivity contribution >= 4 is 27.4 Å². The fourth-order valence-electron chi connectivity index (χ4n) is 2.18. The van der Waals surface area contributed by atoms with Gasteiger partial charge in [-0.05, 0) is 17.4 Å². The van der Waals surface area contributed by atoms with E-state index in [0.29, 0.717) is 5.92 Å². The Bertz CT molecular complexity index is 542. The maximum absolute atomic E-state index is 6.31. The second kappa shape index (κ2) is 3.65. The molecule has 0 aliphatic carbocycles. The van der Waals surface area contributed by atoms with E-state index in [4.69, 9.17) is 5.73 Å². The van der Waals surface area contributed by atoms with Crippen molar-refractivity contribution in [3.63, 3.8) is 0 Å². The second-order valence-corrected chi connectivity index (χ2v) is 5.99. The van der Waals surface area contributed by atoms with Gasteiger partial charge in [0.25, 0.3) is 0 Å². The van der Waals surface area contributed by atoms with Crippen LogP contribution >= 0.6 is 11.3 Å². The van der Waals surface area contributed by atoms with Crippen molar-refractivity contribution in [3.05, 3.63) is 17.8 Å². The van der Waals surface area contributed by atoms with Crippen molar-refractivity contribution in [2.45, 2.75) is 19.4 Å². The molecule has 90 valence electrons. The van der Waals surface area contributed by atoms with Gasteiger partial charge in [0.05, 0.1) is 15.8 Å². The van der Waals surface area contributed by atoms with Crippen LogP contribution in [0.1, 0.15) is 13.8 Å². The highest BCUT2D eigenvalue weighted by atomic mass is 32.1. The molecular formula is C12H16N4S. The van der Waals surface area contributed by atoms with Crippen LogP contribution in [0.2, 0.25) is 0 Å². The number of nitrogens with two attached hydrogens (primary N) is 1. The fourth-order valence-corrected chi connectivity index (χ4v) is 3.04. The Labute approximate surface area is 104 Å². The van der Waals surface area contributed by atoms with E-state index in [-0.39, 0.29) is 5.54 Å². The maximum atomic E-state index is 6.31. The summed E-state index contributed by atoms with van der Waals surface area (Å²) in [4.78, 5) is 10.9. The molecule has 4 nitrogen and oxygen atoms in total. The lowest BCUT2D eigenvalue weighted by molar-refractivity contribution is 0.244. The second-order valence-electron chi connectivity index (χ2n) is 5.08. The summed E-state index contributed by atoms with van der Waals surface area (Å²) in [5, 5.41) is 2.06. The Morgan fingerprint density at radius 3 is 2.88 bits per heavy atom. The van der Waals surface area contributed by atoms with Crippen molar-refractivity contribution < 1.29 is 0 Å². The molecule has 0 saturated carbocycles. The van der Waals surface area contributed by atoms with E-state index in [1.165, 1.54) is 4.70 Å². The number of hydrogen-bond acceptors (Lipinski definition) is 5. The minimum atomic E-state index is -0.0610. The number of nitrogens with zero attached hydrogens (tertiary/aromatic N) is 3. The third kappa shape index (κ3) is 1.61. The molecule has 0 bridgehead atoms. The first-order chi connectivity index (χ1) is 8.10. The van der Waals surface area contributed by atoms with E-state index in [1.54, 1.807) is 17.7 Å². The summed E-state index contributed by atoms with van der Waals surface area (Å²) in [6.07, 6.45) is 1.64. The Balaban J connectivity index is 1.90. The molecule has 3 heterocycles. The van der Waals surface area contributed by atoms with Gasteiger partial charge in [-0.2, -0.15) is 0 Å². The highest BCUT2D eigenvalue weighted by molar-refractivity contribution is 7.17. The van der Waals surface area contributed by atoms with Crippen LogP contribution in [0.3, 0.4) is 0 Å². The number of hydrogen-bond donors (Lipinski definition) is 1. The molecule has 0 unspecified atom stereocenters. The molecule has 1 aliphatic rings. The van der Waals surface area contributed by atoms with E-state index in [1.807, 2.05) is 6.07 Å². The Morgan fingerprint density at radius 1 is 1.41 bits per heavy atom. The summed E-state index contributed by atoms with van der Waals surface area (Å²) in [5.74, 6) is 1.53. The van der Waals surface area contributed by atoms with Gasteiger partial charge in [0, 0.05) is 13.1 Å². The van der Waals surface area contributed by atoms with Gasteiger partial charge in [0.2, 0.25) is 0 Å². The van der Waals surface area contributed by atoms with Crippen LogP contribution in [0, 0.1) is 5.92 Å². The number of rotatable bonds is 2. The van der Waals surface area contributed by atoms with Crippen molar-refractivity contribution in [1.29, 1.82) is 0 Å². The molecule has 0 atom stereocenters. The molecule has 0 aromatic carbocycles. The van der Waals surface area contributed by atoms with Crippen LogP contribution in [-0.4, -0.2) is 28.6 Å². The molecule has 2 aromatic rings. The van der Waals surface area contributed by atoms with Gasteiger partial charge in [-0.15, -0.1) is 11.3 Å². The summed E-state index contributed by atoms with van der Waals surface area (Å²) in [5.41, 5.74) is 7.28. The normalized spacial score (nSPS) is 18.7. The Hall–Kier alpha value is -1.20. The Morgan fingerprint density at radius 2 is 2.18 bits per heavy atom. The summed E-state index contributed by atoms with van der Waals surface area (Å²) < 4.78 is 1.17. The molecule has 3 rings (SSSR count). The van der Waals surface area contributed by atoms with E-state index >= 15 is 0 Å². The zero-order chi connectivity index (χ0) is 12.0. The van der Waals surface area contributed by atoms with E-state index in [9.17, 15) is 0 Å². The molecule has 1 saturated heterocycles. The number of fused-ring (bicyclic) bond motifs is 1. The van der Waals surface area contributed by atoms with Crippen LogP contribution in [0.15, 0.2) is 17.8 Å². The lowest BCUT2D eigenvalue weighted by atomic mass is 9.80. The first kappa shape index (κ1) is 10.9. The monoisotopic (exact) mass is 248 g/mol. The minimum Gasteiger partial charge on any atom is -0.351 e. The summed E-state index contributed by atoms with van der Waals surface area (Å²) in [7, 11) is 0. The van der Waals surface area contributed by atoms with Crippen molar-refractivity contribution in [2.75, 3.05) is 18.0 Å². The lowest BCUT2D eigenvalue weighted by Gasteiger charge is -2.51. The Kier molecular flexibility index (Phi) is 2.34. The van der Waals surface area contributed by atoms with Crippen molar-refractivity contribution in [2.24, 2.45) is 11.7 Å². The third-order valence-corrected chi connectivity index (χ3v) is 4.54. The molecule has 1 aliphatic heterocycles. The standard InChI is InChI=1S/C12H16N4S/c1-8(2)12(13)5-16(6-12)11-10-9(3-4-17-10)14-7-15-11/h3-4,7-8H,5-6,13H2,1-2H3. The van der Waals surface area contributed by atoms with Gasteiger partial charge < -0.3 is 10.6 Å². The molecule has 1 fully saturated rings. The van der Waals surface area contributed by atoms with Crippen molar-refractivity contribution in [3.8, 4) is 0 Å². The number of thiophene rings is 1. The minimum absolute atomic E-state index is 0.0610. The SMILES string of the molecule is CC(C)C1(N)CN(c2ncnc3ccsc23)C1. The zero-order valence-electron chi connectivity index (χ0n) is 10.1.